The number of rotatable bonds is 11. The van der Waals surface area contributed by atoms with Crippen LogP contribution in [0.3, 0.4) is 0 Å². The van der Waals surface area contributed by atoms with Crippen molar-refractivity contribution in [2.45, 2.75) is 42.5 Å². The number of β-lactam (4-membered cyclic amide) rings is 1. The van der Waals surface area contributed by atoms with Gasteiger partial charge >= 0.3 is 5.97 Å². The van der Waals surface area contributed by atoms with E-state index in [1.165, 1.54) is 67.1 Å². The van der Waals surface area contributed by atoms with Crippen LogP contribution in [0.4, 0.5) is 5.69 Å². The number of hydrogen-bond acceptors (Lipinski definition) is 17. The van der Waals surface area contributed by atoms with Gasteiger partial charge in [0, 0.05) is 37.2 Å². The number of imide groups is 2. The number of hydrogen-bond donors (Lipinski definition) is 5. The van der Waals surface area contributed by atoms with Gasteiger partial charge < -0.3 is 26.8 Å². The van der Waals surface area contributed by atoms with Crippen LogP contribution in [0, 0.1) is 0 Å². The number of phenolic OH excluding ortho intramolecular Hbond substituents is 1. The van der Waals surface area contributed by atoms with Gasteiger partial charge in [-0.05, 0) is 64.9 Å². The van der Waals surface area contributed by atoms with Crippen LogP contribution in [0.5, 0.6) is 11.6 Å². The molecule has 0 saturated carbocycles. The van der Waals surface area contributed by atoms with Gasteiger partial charge in [0.15, 0.2) is 5.82 Å². The van der Waals surface area contributed by atoms with Gasteiger partial charge in [-0.15, -0.1) is 16.9 Å². The van der Waals surface area contributed by atoms with Crippen LogP contribution >= 0.6 is 23.5 Å². The Labute approximate surface area is 325 Å². The molecule has 56 heavy (non-hydrogen) atoms. The van der Waals surface area contributed by atoms with Crippen molar-refractivity contribution in [3.05, 3.63) is 77.1 Å². The van der Waals surface area contributed by atoms with Crippen LogP contribution in [0.1, 0.15) is 35.8 Å². The molecule has 2 aliphatic heterocycles. The van der Waals surface area contributed by atoms with Crippen molar-refractivity contribution in [3.63, 3.8) is 0 Å². The zero-order valence-electron chi connectivity index (χ0n) is 29.7. The summed E-state index contributed by atoms with van der Waals surface area (Å²) in [6.45, 7) is 2.65. The average molecular weight is 804 g/mol. The number of carboxylic acid groups (broad SMARTS) is 1. The number of tetrazole rings is 1. The van der Waals surface area contributed by atoms with Crippen LogP contribution in [0.15, 0.2) is 71.2 Å². The highest BCUT2D eigenvalue weighted by Crippen LogP contribution is 2.44. The number of phenols is 1. The number of anilines is 1. The molecule has 0 aliphatic carbocycles. The first kappa shape index (κ1) is 39.5. The lowest BCUT2D eigenvalue weighted by atomic mass is 9.98. The van der Waals surface area contributed by atoms with Crippen LogP contribution < -0.4 is 16.4 Å². The first-order valence-corrected chi connectivity index (χ1v) is 18.6. The number of fused-ring (bicyclic) bond motifs is 1. The maximum Gasteiger partial charge on any atom is 0.352 e. The molecule has 7 N–H and O–H groups in total. The molecule has 4 atom stereocenters. The third-order valence-corrected chi connectivity index (χ3v) is 11.2. The Morgan fingerprint density at radius 3 is 2.29 bits per heavy atom. The number of amides is 5. The molecule has 1 saturated heterocycles. The summed E-state index contributed by atoms with van der Waals surface area (Å²) in [6.07, 6.45) is 0.954. The zero-order chi connectivity index (χ0) is 40.6. The second-order valence-corrected chi connectivity index (χ2v) is 14.6. The fraction of sp³-hybridized carbons (Fsp3) is 0.265. The molecule has 0 spiro atoms. The van der Waals surface area contributed by atoms with Crippen LogP contribution in [-0.2, 0) is 31.0 Å². The highest BCUT2D eigenvalue weighted by molar-refractivity contribution is 8.01. The normalized spacial score (nSPS) is 17.4. The number of thioether (sulfide) groups is 2. The lowest BCUT2D eigenvalue weighted by molar-refractivity contribution is -0.157. The summed E-state index contributed by atoms with van der Waals surface area (Å²) in [5.74, 6) is -6.56. The molecule has 1 fully saturated rings. The number of carboxylic acids is 1. The molecule has 2 aromatic carbocycles. The molecule has 4 aromatic rings. The van der Waals surface area contributed by atoms with E-state index in [9.17, 15) is 44.1 Å². The molecule has 290 valence electrons. The van der Waals surface area contributed by atoms with E-state index in [-0.39, 0.29) is 40.0 Å². The van der Waals surface area contributed by atoms with E-state index in [0.29, 0.717) is 21.2 Å². The third kappa shape index (κ3) is 7.41. The number of carbonyl (C=O) groups is 6. The van der Waals surface area contributed by atoms with E-state index < -0.39 is 70.4 Å². The summed E-state index contributed by atoms with van der Waals surface area (Å²) in [7, 11) is 1.61. The first-order chi connectivity index (χ1) is 26.6. The van der Waals surface area contributed by atoms with E-state index >= 15 is 0 Å². The van der Waals surface area contributed by atoms with Crippen LogP contribution in [0.25, 0.3) is 11.4 Å². The highest BCUT2D eigenvalue weighted by Gasteiger charge is 2.59. The van der Waals surface area contributed by atoms with Crippen molar-refractivity contribution in [1.82, 2.24) is 40.0 Å². The smallest absolute Gasteiger partial charge is 0.352 e. The number of nitrogens with two attached hydrogens (primary N) is 2. The first-order valence-electron chi connectivity index (χ1n) is 16.5. The quantitative estimate of drug-likeness (QED) is 0.101. The van der Waals surface area contributed by atoms with Crippen molar-refractivity contribution >= 4 is 64.7 Å². The SMILES string of the molecule is CC(=O)N(C(=O)C(C)N)c1ccc(-c2ncc(C(=O)N(C(=O)C(N)c3ccc(O)cc3)C3C(=O)N4C(C(=O)O)=C(CSc5nnnn5C)CS[C@@H]34)c(O)n2)cc1. The Hall–Kier alpha value is -6.23. The minimum Gasteiger partial charge on any atom is -0.508 e. The Balaban J connectivity index is 1.32. The second-order valence-electron chi connectivity index (χ2n) is 12.5. The van der Waals surface area contributed by atoms with Crippen LogP contribution in [0.2, 0.25) is 0 Å². The van der Waals surface area contributed by atoms with Gasteiger partial charge in [0.05, 0.1) is 11.7 Å². The summed E-state index contributed by atoms with van der Waals surface area (Å²) >= 11 is 2.28. The van der Waals surface area contributed by atoms with Crippen molar-refractivity contribution in [2.24, 2.45) is 18.5 Å². The van der Waals surface area contributed by atoms with E-state index in [1.54, 1.807) is 7.05 Å². The molecule has 0 radical (unpaired) electrons. The molecule has 2 aliphatic rings. The second kappa shape index (κ2) is 15.9. The molecule has 3 unspecified atom stereocenters. The molecule has 2 aromatic heterocycles. The number of carbonyl (C=O) groups excluding carboxylic acids is 5. The summed E-state index contributed by atoms with van der Waals surface area (Å²) in [6, 6.07) is 7.04. The van der Waals surface area contributed by atoms with Gasteiger partial charge in [-0.2, -0.15) is 4.98 Å². The summed E-state index contributed by atoms with van der Waals surface area (Å²) in [5.41, 5.74) is 12.2. The molecule has 4 heterocycles. The lowest BCUT2D eigenvalue weighted by Crippen LogP contribution is -2.72. The fourth-order valence-electron chi connectivity index (χ4n) is 5.93. The van der Waals surface area contributed by atoms with Gasteiger partial charge in [-0.25, -0.2) is 19.4 Å². The maximum absolute atomic E-state index is 14.3. The lowest BCUT2D eigenvalue weighted by Gasteiger charge is -2.52. The van der Waals surface area contributed by atoms with Gasteiger partial charge in [-0.3, -0.25) is 33.8 Å². The molecule has 22 heteroatoms. The van der Waals surface area contributed by atoms with Crippen LogP contribution in [-0.4, -0.2) is 120 Å². The fourth-order valence-corrected chi connectivity index (χ4v) is 8.31. The largest absolute Gasteiger partial charge is 0.508 e. The number of benzene rings is 2. The average Bonchev–Trinajstić information content (AvgIpc) is 3.59. The van der Waals surface area contributed by atoms with E-state index in [0.717, 1.165) is 39.5 Å². The Morgan fingerprint density at radius 1 is 1.04 bits per heavy atom. The van der Waals surface area contributed by atoms with E-state index in [4.69, 9.17) is 11.5 Å². The van der Waals surface area contributed by atoms with Gasteiger partial charge in [0.25, 0.3) is 17.7 Å². The van der Waals surface area contributed by atoms with E-state index in [1.807, 2.05) is 0 Å². The van der Waals surface area contributed by atoms with Gasteiger partial charge in [0.1, 0.15) is 34.5 Å². The van der Waals surface area contributed by atoms with E-state index in [2.05, 4.69) is 25.5 Å². The topological polar surface area (TPSA) is 294 Å². The number of aromatic hydroxyl groups is 2. The predicted molar refractivity (Wildman–Crippen MR) is 198 cm³/mol. The molecule has 20 nitrogen and oxygen atoms in total. The minimum absolute atomic E-state index is 0.0790. The van der Waals surface area contributed by atoms with Crippen molar-refractivity contribution in [1.29, 1.82) is 0 Å². The Morgan fingerprint density at radius 2 is 1.71 bits per heavy atom. The minimum atomic E-state index is -1.55. The predicted octanol–water partition coefficient (Wildman–Crippen LogP) is 0.389. The molecule has 5 amide bonds. The zero-order valence-corrected chi connectivity index (χ0v) is 31.3. The monoisotopic (exact) mass is 803 g/mol. The van der Waals surface area contributed by atoms with Crippen molar-refractivity contribution in [3.8, 4) is 23.0 Å². The van der Waals surface area contributed by atoms with Gasteiger partial charge in [-0.1, -0.05) is 23.9 Å². The standard InChI is InChI=1S/C34H33N11O9S2/c1-15(35)28(49)43(16(2)46)20-8-4-18(5-9-20)26-37-12-22(27(48)38-26)29(50)44(30(51)23(36)17-6-10-21(47)11-7-17)25-31(52)45-24(33(53)54)19(13-55-32(25)45)14-56-34-39-40-41-42(34)3/h4-12,15,23,25,32,47H,13-14,35-36H2,1-3H3,(H,53,54)(H,37,38,48)/t15?,23?,25?,32-/m0/s1. The molecular formula is C34H33N11O9S2. The molecular weight excluding hydrogens is 771 g/mol. The maximum atomic E-state index is 14.3. The number of aliphatic carboxylic acids is 1. The number of nitrogens with zero attached hydrogens (tertiary/aromatic N) is 9. The summed E-state index contributed by atoms with van der Waals surface area (Å²) in [5, 5.41) is 41.6. The molecule has 0 bridgehead atoms. The third-order valence-electron chi connectivity index (χ3n) is 8.74. The van der Waals surface area contributed by atoms with Gasteiger partial charge in [0.2, 0.25) is 22.9 Å². The highest BCUT2D eigenvalue weighted by atomic mass is 32.2. The van der Waals surface area contributed by atoms with Crippen molar-refractivity contribution < 1.29 is 44.1 Å². The summed E-state index contributed by atoms with van der Waals surface area (Å²) < 4.78 is 1.40. The Bertz CT molecular complexity index is 2280. The summed E-state index contributed by atoms with van der Waals surface area (Å²) in [4.78, 5) is 90.4. The number of aryl methyl sites for hydroxylation is 1. The molecule has 6 rings (SSSR count). The number of aromatic nitrogens is 6. The Kier molecular flexibility index (Phi) is 11.2. The van der Waals surface area contributed by atoms with Crippen molar-refractivity contribution in [2.75, 3.05) is 16.4 Å².